The second-order valence-corrected chi connectivity index (χ2v) is 6.47. The molecule has 1 aromatic carbocycles. The van der Waals surface area contributed by atoms with E-state index in [0.717, 1.165) is 0 Å². The van der Waals surface area contributed by atoms with Crippen LogP contribution in [0.15, 0.2) is 31.9 Å². The summed E-state index contributed by atoms with van der Waals surface area (Å²) in [5.74, 6) is -0.293. The summed E-state index contributed by atoms with van der Waals surface area (Å²) in [6.07, 6.45) is -2.69. The zero-order valence-electron chi connectivity index (χ0n) is 9.96. The number of hydrogen-bond acceptors (Lipinski definition) is 4. The van der Waals surface area contributed by atoms with Crippen molar-refractivity contribution < 1.29 is 15.3 Å². The average Bonchev–Trinajstić information content (AvgIpc) is 2.46. The monoisotopic (exact) mass is 392 g/mol. The normalized spacial score (nSPS) is 31.2. The zero-order chi connectivity index (χ0) is 14.2. The minimum Gasteiger partial charge on any atom is -0.390 e. The van der Waals surface area contributed by atoms with Crippen molar-refractivity contribution in [2.45, 2.75) is 37.1 Å². The zero-order valence-corrected chi connectivity index (χ0v) is 13.1. The second-order valence-electron chi connectivity index (χ2n) is 4.76. The van der Waals surface area contributed by atoms with Gasteiger partial charge in [0, 0.05) is 10.0 Å². The second kappa shape index (κ2) is 6.01. The molecule has 1 aliphatic carbocycles. The molecule has 0 aromatic heterocycles. The minimum absolute atomic E-state index is 0.169. The van der Waals surface area contributed by atoms with Crippen LogP contribution >= 0.6 is 31.9 Å². The Balaban J connectivity index is 2.46. The summed E-state index contributed by atoms with van der Waals surface area (Å²) in [6, 6.07) is 5.15. The molecule has 0 aliphatic heterocycles. The quantitative estimate of drug-likeness (QED) is 0.676. The first-order valence-electron chi connectivity index (χ1n) is 5.94. The van der Waals surface area contributed by atoms with Gasteiger partial charge in [0.25, 0.3) is 0 Å². The molecular weight excluding hydrogens is 380 g/mol. The molecule has 0 bridgehead atoms. The van der Waals surface area contributed by atoms with E-state index < -0.39 is 18.3 Å². The third-order valence-electron chi connectivity index (χ3n) is 3.45. The summed E-state index contributed by atoms with van der Waals surface area (Å²) in [5, 5.41) is 29.1. The largest absolute Gasteiger partial charge is 0.390 e. The molecule has 2 atom stereocenters. The number of halogens is 2. The number of rotatable bonds is 1. The van der Waals surface area contributed by atoms with Crippen LogP contribution in [0.25, 0.3) is 0 Å². The van der Waals surface area contributed by atoms with Crippen LogP contribution in [0.2, 0.25) is 0 Å². The van der Waals surface area contributed by atoms with E-state index in [0.29, 0.717) is 14.5 Å². The van der Waals surface area contributed by atoms with Gasteiger partial charge in [0.05, 0.1) is 16.7 Å². The van der Waals surface area contributed by atoms with Gasteiger partial charge in [-0.05, 0) is 46.8 Å². The van der Waals surface area contributed by atoms with Gasteiger partial charge in [0.1, 0.15) is 6.10 Å². The van der Waals surface area contributed by atoms with E-state index in [1.807, 2.05) is 0 Å². The van der Waals surface area contributed by atoms with Gasteiger partial charge in [-0.3, -0.25) is 4.79 Å². The summed E-state index contributed by atoms with van der Waals surface area (Å²) in [5.41, 5.74) is 0.347. The summed E-state index contributed by atoms with van der Waals surface area (Å²) >= 11 is 6.57. The van der Waals surface area contributed by atoms with Crippen molar-refractivity contribution in [1.29, 1.82) is 0 Å². The lowest BCUT2D eigenvalue weighted by atomic mass is 9.80. The van der Waals surface area contributed by atoms with E-state index in [-0.39, 0.29) is 24.2 Å². The summed E-state index contributed by atoms with van der Waals surface area (Å²) in [4.78, 5) is 12.3. The molecule has 1 aliphatic rings. The molecule has 2 rings (SSSR count). The Kier molecular flexibility index (Phi) is 4.79. The van der Waals surface area contributed by atoms with Crippen molar-refractivity contribution in [3.05, 3.63) is 42.9 Å². The molecule has 3 N–H and O–H groups in total. The van der Waals surface area contributed by atoms with Crippen molar-refractivity contribution in [1.82, 2.24) is 0 Å². The van der Waals surface area contributed by atoms with Crippen molar-refractivity contribution in [2.75, 3.05) is 0 Å². The number of aliphatic hydroxyl groups is 3. The molecule has 0 spiro atoms. The molecule has 0 saturated heterocycles. The third kappa shape index (κ3) is 3.08. The Morgan fingerprint density at radius 3 is 2.11 bits per heavy atom. The molecule has 4 nitrogen and oxygen atoms in total. The van der Waals surface area contributed by atoms with Crippen LogP contribution < -0.4 is 5.43 Å². The molecule has 1 fully saturated rings. The standard InChI is InChI=1S/C13H14Br2O4/c14-7-2-1-3-8(15)12(18)11(7)6-4-9(16)13(19)10(17)5-6/h1-3,6,9-10,13,16-17,19H,4-5H2/t6?,9-,10-,13?/m1/s1. The average molecular weight is 394 g/mol. The highest BCUT2D eigenvalue weighted by Gasteiger charge is 2.36. The van der Waals surface area contributed by atoms with Gasteiger partial charge in [-0.25, -0.2) is 0 Å². The fraction of sp³-hybridized carbons (Fsp3) is 0.462. The van der Waals surface area contributed by atoms with Crippen molar-refractivity contribution in [3.8, 4) is 0 Å². The van der Waals surface area contributed by atoms with E-state index in [2.05, 4.69) is 31.9 Å². The lowest BCUT2D eigenvalue weighted by Gasteiger charge is -2.34. The van der Waals surface area contributed by atoms with Crippen molar-refractivity contribution in [3.63, 3.8) is 0 Å². The summed E-state index contributed by atoms with van der Waals surface area (Å²) in [7, 11) is 0. The first-order chi connectivity index (χ1) is 8.91. The molecule has 1 saturated carbocycles. The van der Waals surface area contributed by atoms with Gasteiger partial charge >= 0.3 is 0 Å². The first-order valence-corrected chi connectivity index (χ1v) is 7.53. The summed E-state index contributed by atoms with van der Waals surface area (Å²) in [6.45, 7) is 0. The number of aliphatic hydroxyl groups excluding tert-OH is 3. The van der Waals surface area contributed by atoms with Gasteiger partial charge in [0.15, 0.2) is 5.43 Å². The minimum atomic E-state index is -1.15. The Bertz CT molecular complexity index is 523. The van der Waals surface area contributed by atoms with E-state index >= 15 is 0 Å². The van der Waals surface area contributed by atoms with Crippen LogP contribution in [0.1, 0.15) is 24.3 Å². The highest BCUT2D eigenvalue weighted by Crippen LogP contribution is 2.35. The lowest BCUT2D eigenvalue weighted by Crippen LogP contribution is -2.44. The molecule has 19 heavy (non-hydrogen) atoms. The predicted molar refractivity (Wildman–Crippen MR) is 78.1 cm³/mol. The maximum Gasteiger partial charge on any atom is 0.197 e. The fourth-order valence-electron chi connectivity index (χ4n) is 2.45. The maximum atomic E-state index is 12.3. The van der Waals surface area contributed by atoms with Crippen molar-refractivity contribution in [2.24, 2.45) is 0 Å². The Morgan fingerprint density at radius 2 is 1.53 bits per heavy atom. The Morgan fingerprint density at radius 1 is 1.00 bits per heavy atom. The fourth-order valence-corrected chi connectivity index (χ4v) is 3.47. The van der Waals surface area contributed by atoms with Crippen LogP contribution in [-0.4, -0.2) is 33.6 Å². The smallest absolute Gasteiger partial charge is 0.197 e. The highest BCUT2D eigenvalue weighted by atomic mass is 79.9. The molecule has 0 amide bonds. The lowest BCUT2D eigenvalue weighted by molar-refractivity contribution is -0.0903. The SMILES string of the molecule is O=c1c(Br)cccc(Br)c1C1C[C@@H](O)C(O)[C@H](O)C1. The first kappa shape index (κ1) is 15.1. The van der Waals surface area contributed by atoms with Gasteiger partial charge in [0.2, 0.25) is 0 Å². The van der Waals surface area contributed by atoms with E-state index in [4.69, 9.17) is 0 Å². The Labute approximate surface area is 127 Å². The maximum absolute atomic E-state index is 12.3. The number of hydrogen-bond donors (Lipinski definition) is 3. The molecule has 0 radical (unpaired) electrons. The van der Waals surface area contributed by atoms with Crippen LogP contribution in [0.5, 0.6) is 0 Å². The summed E-state index contributed by atoms with van der Waals surface area (Å²) < 4.78 is 1.08. The van der Waals surface area contributed by atoms with E-state index in [9.17, 15) is 20.1 Å². The molecule has 104 valence electrons. The van der Waals surface area contributed by atoms with Gasteiger partial charge in [-0.15, -0.1) is 0 Å². The van der Waals surface area contributed by atoms with E-state index in [1.165, 1.54) is 0 Å². The van der Waals surface area contributed by atoms with Gasteiger partial charge in [-0.2, -0.15) is 0 Å². The van der Waals surface area contributed by atoms with Crippen LogP contribution in [-0.2, 0) is 0 Å². The van der Waals surface area contributed by atoms with Crippen LogP contribution in [0, 0.1) is 0 Å². The highest BCUT2D eigenvalue weighted by molar-refractivity contribution is 9.11. The molecule has 0 heterocycles. The predicted octanol–water partition coefficient (Wildman–Crippen LogP) is 1.53. The molecule has 1 aromatic rings. The van der Waals surface area contributed by atoms with Gasteiger partial charge in [-0.1, -0.05) is 22.0 Å². The molecular formula is C13H14Br2O4. The van der Waals surface area contributed by atoms with Crippen molar-refractivity contribution >= 4 is 31.9 Å². The Hall–Kier alpha value is -0.270. The molecule has 0 unspecified atom stereocenters. The van der Waals surface area contributed by atoms with E-state index in [1.54, 1.807) is 18.2 Å². The van der Waals surface area contributed by atoms with Gasteiger partial charge < -0.3 is 15.3 Å². The van der Waals surface area contributed by atoms with Crippen LogP contribution in [0.4, 0.5) is 0 Å². The third-order valence-corrected chi connectivity index (χ3v) is 4.77. The van der Waals surface area contributed by atoms with Crippen LogP contribution in [0.3, 0.4) is 0 Å². The molecule has 6 heteroatoms. The topological polar surface area (TPSA) is 77.8 Å².